The number of hydrogen-bond donors (Lipinski definition) is 0. The third-order valence-corrected chi connectivity index (χ3v) is 11.8. The summed E-state index contributed by atoms with van der Waals surface area (Å²) in [5.74, 6) is -2.25. The Balaban J connectivity index is 1.04. The quantitative estimate of drug-likeness (QED) is 0.228. The maximum Gasteiger partial charge on any atom is 0.403 e. The van der Waals surface area contributed by atoms with Crippen LogP contribution >= 0.6 is 0 Å². The van der Waals surface area contributed by atoms with E-state index >= 15 is 0 Å². The van der Waals surface area contributed by atoms with Gasteiger partial charge in [0.1, 0.15) is 5.41 Å². The molecule has 0 aliphatic heterocycles. The first-order chi connectivity index (χ1) is 21.9. The van der Waals surface area contributed by atoms with E-state index in [0.29, 0.717) is 49.0 Å². The van der Waals surface area contributed by atoms with Crippen LogP contribution in [0.4, 0.5) is 27.6 Å². The zero-order valence-electron chi connectivity index (χ0n) is 25.6. The summed E-state index contributed by atoms with van der Waals surface area (Å²) in [6.45, 7) is 0.441. The second-order valence-corrected chi connectivity index (χ2v) is 14.8. The summed E-state index contributed by atoms with van der Waals surface area (Å²) >= 11 is 0. The van der Waals surface area contributed by atoms with Gasteiger partial charge in [0, 0.05) is 54.0 Å². The molecular formula is C34H37F5N4O3. The van der Waals surface area contributed by atoms with Crippen LogP contribution in [0, 0.1) is 11.3 Å². The van der Waals surface area contributed by atoms with Crippen molar-refractivity contribution >= 4 is 11.6 Å². The van der Waals surface area contributed by atoms with Crippen molar-refractivity contribution in [2.24, 2.45) is 11.3 Å². The molecule has 2 heterocycles. The molecule has 0 atom stereocenters. The number of rotatable bonds is 8. The van der Waals surface area contributed by atoms with Gasteiger partial charge in [-0.1, -0.05) is 22.4 Å². The molecule has 0 unspecified atom stereocenters. The minimum atomic E-state index is -4.42. The molecule has 6 aliphatic carbocycles. The van der Waals surface area contributed by atoms with Gasteiger partial charge < -0.3 is 13.9 Å². The van der Waals surface area contributed by atoms with Crippen molar-refractivity contribution in [2.45, 2.75) is 119 Å². The van der Waals surface area contributed by atoms with Gasteiger partial charge in [0.05, 0.1) is 5.69 Å². The van der Waals surface area contributed by atoms with Crippen LogP contribution in [0.2, 0.25) is 0 Å². The number of carbonyl (C=O) groups excluding carboxylic acids is 1. The maximum absolute atomic E-state index is 14.2. The lowest BCUT2D eigenvalue weighted by Gasteiger charge is -2.53. The molecule has 12 heteroatoms. The van der Waals surface area contributed by atoms with E-state index in [0.717, 1.165) is 43.4 Å². The van der Waals surface area contributed by atoms with Crippen LogP contribution in [0.15, 0.2) is 39.4 Å². The predicted molar refractivity (Wildman–Crippen MR) is 156 cm³/mol. The first-order valence-electron chi connectivity index (χ1n) is 16.6. The summed E-state index contributed by atoms with van der Waals surface area (Å²) in [5.41, 5.74) is -0.234. The van der Waals surface area contributed by atoms with Crippen molar-refractivity contribution in [1.82, 2.24) is 15.3 Å². The predicted octanol–water partition coefficient (Wildman–Crippen LogP) is 8.65. The van der Waals surface area contributed by atoms with E-state index in [1.54, 1.807) is 4.90 Å². The van der Waals surface area contributed by atoms with Crippen LogP contribution < -0.4 is 4.90 Å². The zero-order valence-corrected chi connectivity index (χ0v) is 25.6. The molecule has 246 valence electrons. The molecule has 0 N–H and O–H groups in total. The van der Waals surface area contributed by atoms with Gasteiger partial charge in [0.2, 0.25) is 17.7 Å². The summed E-state index contributed by atoms with van der Waals surface area (Å²) in [4.78, 5) is 20.4. The maximum atomic E-state index is 14.2. The van der Waals surface area contributed by atoms with Crippen molar-refractivity contribution in [3.05, 3.63) is 47.7 Å². The van der Waals surface area contributed by atoms with E-state index in [1.165, 1.54) is 0 Å². The number of carbonyl (C=O) groups is 1. The van der Waals surface area contributed by atoms with E-state index < -0.39 is 28.8 Å². The second-order valence-electron chi connectivity index (χ2n) is 14.8. The summed E-state index contributed by atoms with van der Waals surface area (Å²) in [5, 5.41) is 8.33. The van der Waals surface area contributed by atoms with E-state index in [4.69, 9.17) is 9.05 Å². The molecule has 46 heavy (non-hydrogen) atoms. The van der Waals surface area contributed by atoms with Crippen LogP contribution in [0.5, 0.6) is 0 Å². The molecule has 1 amide bonds. The summed E-state index contributed by atoms with van der Waals surface area (Å²) in [6, 6.07) is 9.57. The zero-order chi connectivity index (χ0) is 32.0. The fourth-order valence-electron chi connectivity index (χ4n) is 8.18. The topological polar surface area (TPSA) is 85.3 Å². The number of nitrogens with zero attached hydrogens (tertiary/aromatic N) is 4. The lowest BCUT2D eigenvalue weighted by Crippen LogP contribution is -2.52. The summed E-state index contributed by atoms with van der Waals surface area (Å²) in [6.07, 6.45) is 1.71. The van der Waals surface area contributed by atoms with Crippen LogP contribution in [0.3, 0.4) is 0 Å². The number of fused-ring (bicyclic) bond motifs is 3. The standard InChI is InChI=1S/C34H37F5N4O3/c35-33(36)8-6-22(7-9-33)27(44)43(24-3-1-2-23(18-24)26-19-25(41-45-26)21-4-5-21)20-30-10-13-31(14-11-30,15-12-30)28-40-29(46-42-28)32(16-17-32)34(37,38)39/h1-3,18-19,21-22H,4-17,20H2. The Morgan fingerprint density at radius 3 is 2.20 bits per heavy atom. The van der Waals surface area contributed by atoms with Crippen molar-refractivity contribution in [1.29, 1.82) is 0 Å². The number of halogens is 5. The molecule has 6 saturated carbocycles. The van der Waals surface area contributed by atoms with Gasteiger partial charge in [0.15, 0.2) is 11.6 Å². The average molecular weight is 645 g/mol. The van der Waals surface area contributed by atoms with Gasteiger partial charge in [-0.2, -0.15) is 18.2 Å². The Labute approximate surface area is 263 Å². The molecule has 2 aromatic heterocycles. The third-order valence-electron chi connectivity index (χ3n) is 11.8. The molecule has 0 saturated heterocycles. The minimum absolute atomic E-state index is 0.0317. The molecule has 7 nitrogen and oxygen atoms in total. The summed E-state index contributed by atoms with van der Waals surface area (Å²) < 4.78 is 80.2. The number of alkyl halides is 5. The van der Waals surface area contributed by atoms with Crippen molar-refractivity contribution in [3.8, 4) is 11.3 Å². The second kappa shape index (κ2) is 10.3. The van der Waals surface area contributed by atoms with Gasteiger partial charge >= 0.3 is 6.18 Å². The van der Waals surface area contributed by atoms with Gasteiger partial charge in [-0.3, -0.25) is 4.79 Å². The monoisotopic (exact) mass is 644 g/mol. The average Bonchev–Trinajstić information content (AvgIpc) is 3.96. The fraction of sp³-hybridized carbons (Fsp3) is 0.647. The fourth-order valence-corrected chi connectivity index (χ4v) is 8.18. The molecule has 1 aromatic carbocycles. The number of aromatic nitrogens is 3. The van der Waals surface area contributed by atoms with Crippen molar-refractivity contribution in [2.75, 3.05) is 11.4 Å². The number of anilines is 1. The molecule has 6 fully saturated rings. The third kappa shape index (κ3) is 5.14. The van der Waals surface area contributed by atoms with E-state index in [9.17, 15) is 26.7 Å². The molecule has 0 radical (unpaired) electrons. The lowest BCUT2D eigenvalue weighted by molar-refractivity contribution is -0.166. The summed E-state index contributed by atoms with van der Waals surface area (Å²) in [7, 11) is 0. The SMILES string of the molecule is O=C(C1CCC(F)(F)CC1)N(CC12CCC(c3noc(C4(C(F)(F)F)CC4)n3)(CC1)CC2)c1cccc(-c2cc(C3CC3)no2)c1. The van der Waals surface area contributed by atoms with Crippen molar-refractivity contribution in [3.63, 3.8) is 0 Å². The molecule has 9 rings (SSSR count). The number of benzene rings is 1. The van der Waals surface area contributed by atoms with Gasteiger partial charge in [-0.15, -0.1) is 0 Å². The normalized spacial score (nSPS) is 28.7. The highest BCUT2D eigenvalue weighted by Crippen LogP contribution is 2.61. The van der Waals surface area contributed by atoms with E-state index in [1.807, 2.05) is 30.3 Å². The minimum Gasteiger partial charge on any atom is -0.356 e. The Morgan fingerprint density at radius 1 is 0.870 bits per heavy atom. The van der Waals surface area contributed by atoms with Crippen LogP contribution in [-0.2, 0) is 15.6 Å². The Morgan fingerprint density at radius 2 is 1.57 bits per heavy atom. The molecular weight excluding hydrogens is 607 g/mol. The van der Waals surface area contributed by atoms with Gasteiger partial charge in [-0.25, -0.2) is 8.78 Å². The Hall–Kier alpha value is -3.31. The molecule has 0 spiro atoms. The molecule has 3 aromatic rings. The van der Waals surface area contributed by atoms with Crippen molar-refractivity contribution < 1.29 is 35.8 Å². The number of amides is 1. The smallest absolute Gasteiger partial charge is 0.356 e. The highest BCUT2D eigenvalue weighted by molar-refractivity contribution is 5.95. The first kappa shape index (κ1) is 30.1. The molecule has 6 aliphatic rings. The first-order valence-corrected chi connectivity index (χ1v) is 16.6. The highest BCUT2D eigenvalue weighted by atomic mass is 19.4. The lowest BCUT2D eigenvalue weighted by atomic mass is 9.53. The number of hydrogen-bond acceptors (Lipinski definition) is 6. The van der Waals surface area contributed by atoms with Gasteiger partial charge in [0.25, 0.3) is 0 Å². The van der Waals surface area contributed by atoms with E-state index in [2.05, 4.69) is 15.3 Å². The Kier molecular flexibility index (Phi) is 6.76. The van der Waals surface area contributed by atoms with Gasteiger partial charge in [-0.05, 0) is 94.6 Å². The Bertz CT molecular complexity index is 1600. The highest BCUT2D eigenvalue weighted by Gasteiger charge is 2.68. The van der Waals surface area contributed by atoms with Crippen LogP contribution in [0.25, 0.3) is 11.3 Å². The van der Waals surface area contributed by atoms with E-state index in [-0.39, 0.29) is 55.7 Å². The van der Waals surface area contributed by atoms with Crippen LogP contribution in [0.1, 0.15) is 113 Å². The van der Waals surface area contributed by atoms with Crippen LogP contribution in [-0.4, -0.2) is 39.8 Å². The molecule has 2 bridgehead atoms. The largest absolute Gasteiger partial charge is 0.403 e.